The zero-order chi connectivity index (χ0) is 21.2. The summed E-state index contributed by atoms with van der Waals surface area (Å²) in [6, 6.07) is 0. The summed E-state index contributed by atoms with van der Waals surface area (Å²) in [5.74, 6) is 0. The van der Waals surface area contributed by atoms with Crippen LogP contribution in [0.1, 0.15) is 0 Å². The molecular weight excluding hydrogens is 502 g/mol. The van der Waals surface area contributed by atoms with Crippen LogP contribution >= 0.6 is 13.6 Å². The van der Waals surface area contributed by atoms with E-state index in [0.717, 1.165) is 0 Å². The third-order valence-corrected chi connectivity index (χ3v) is 11.7. The van der Waals surface area contributed by atoms with Crippen molar-refractivity contribution in [3.05, 3.63) is 0 Å². The molecule has 0 radical (unpaired) electrons. The van der Waals surface area contributed by atoms with Gasteiger partial charge in [-0.15, -0.1) is 0 Å². The molecule has 4 N–H and O–H groups in total. The van der Waals surface area contributed by atoms with Crippen molar-refractivity contribution in [3.63, 3.8) is 0 Å². The summed E-state index contributed by atoms with van der Waals surface area (Å²) in [7, 11) is -23.5. The Morgan fingerprint density at radius 3 is 0.962 bits per heavy atom. The second-order valence-corrected chi connectivity index (χ2v) is 15.9. The summed E-state index contributed by atoms with van der Waals surface area (Å²) in [6.45, 7) is -15.3. The largest absolute Gasteiger partial charge is 0.487 e. The standard InChI is InChI=1S/C2H8O18P2S4/c3-21(25(11,12)13,19-23(5,6)7)17-1-2-18-22(4,26(14,15)16)20-24(8,9)10/h1-2H2,(H,5,6,7)(H,8,9,10)(H,11,12,13)(H,14,15,16). The Kier molecular flexibility index (Phi) is 8.11. The topological polar surface area (TPSA) is 289 Å². The SMILES string of the molecule is O=P(OCCOP(=O)(OS(=O)(=O)O)S(=O)(=O)O)(OS(=O)(=O)O)S(=O)(=O)O. The van der Waals surface area contributed by atoms with E-state index in [4.69, 9.17) is 18.2 Å². The molecule has 0 aliphatic heterocycles. The minimum Gasteiger partial charge on any atom is -0.293 e. The highest BCUT2D eigenvalue weighted by atomic mass is 32.8. The number of hydrogen-bond donors (Lipinski definition) is 4. The Balaban J connectivity index is 5.35. The van der Waals surface area contributed by atoms with Crippen molar-refractivity contribution < 1.29 is 78.0 Å². The summed E-state index contributed by atoms with van der Waals surface area (Å²) in [5.41, 5.74) is 0. The van der Waals surface area contributed by atoms with Crippen LogP contribution in [-0.2, 0) is 66.4 Å². The first-order chi connectivity index (χ1) is 11.1. The highest BCUT2D eigenvalue weighted by Crippen LogP contribution is 2.57. The van der Waals surface area contributed by atoms with Crippen molar-refractivity contribution in [1.29, 1.82) is 0 Å². The Morgan fingerprint density at radius 1 is 0.577 bits per heavy atom. The fraction of sp³-hybridized carbons (Fsp3) is 1.00. The molecule has 18 nitrogen and oxygen atoms in total. The Hall–Kier alpha value is -0.0600. The van der Waals surface area contributed by atoms with Crippen LogP contribution in [0.5, 0.6) is 0 Å². The maximum absolute atomic E-state index is 11.5. The van der Waals surface area contributed by atoms with E-state index in [1.807, 2.05) is 0 Å². The van der Waals surface area contributed by atoms with E-state index in [1.165, 1.54) is 0 Å². The van der Waals surface area contributed by atoms with Gasteiger partial charge in [0.05, 0.1) is 13.2 Å². The van der Waals surface area contributed by atoms with Crippen molar-refractivity contribution >= 4 is 53.9 Å². The summed E-state index contributed by atoms with van der Waals surface area (Å²) >= 11 is 0. The zero-order valence-corrected chi connectivity index (χ0v) is 16.5. The lowest BCUT2D eigenvalue weighted by atomic mass is 10.8. The predicted molar refractivity (Wildman–Crippen MR) is 75.5 cm³/mol. The van der Waals surface area contributed by atoms with Crippen molar-refractivity contribution in [2.75, 3.05) is 13.2 Å². The lowest BCUT2D eigenvalue weighted by Gasteiger charge is -2.15. The van der Waals surface area contributed by atoms with E-state index in [-0.39, 0.29) is 0 Å². The van der Waals surface area contributed by atoms with Crippen LogP contribution in [0.25, 0.3) is 0 Å². The van der Waals surface area contributed by atoms with Crippen LogP contribution in [-0.4, -0.2) is 65.1 Å². The Bertz CT molecular complexity index is 938. The van der Waals surface area contributed by atoms with Gasteiger partial charge in [0.25, 0.3) is 0 Å². The van der Waals surface area contributed by atoms with E-state index in [1.54, 1.807) is 0 Å². The summed E-state index contributed by atoms with van der Waals surface area (Å²) in [4.78, 5) is 0. The molecule has 0 aliphatic rings. The van der Waals surface area contributed by atoms with E-state index in [9.17, 15) is 42.8 Å². The van der Waals surface area contributed by atoms with Crippen LogP contribution in [0.4, 0.5) is 0 Å². The maximum Gasteiger partial charge on any atom is 0.487 e. The third-order valence-electron chi connectivity index (χ3n) is 1.52. The molecule has 2 unspecified atom stereocenters. The van der Waals surface area contributed by atoms with Crippen LogP contribution < -0.4 is 0 Å². The molecule has 0 bridgehead atoms. The molecule has 0 aromatic heterocycles. The average Bonchev–Trinajstić information content (AvgIpc) is 2.27. The number of rotatable bonds is 11. The molecule has 0 aliphatic carbocycles. The van der Waals surface area contributed by atoms with Crippen LogP contribution in [0, 0.1) is 0 Å². The average molecular weight is 510 g/mol. The van der Waals surface area contributed by atoms with Gasteiger partial charge >= 0.3 is 53.9 Å². The molecular formula is C2H8O18P2S4. The van der Waals surface area contributed by atoms with Crippen LogP contribution in [0.3, 0.4) is 0 Å². The van der Waals surface area contributed by atoms with Gasteiger partial charge in [0.1, 0.15) is 0 Å². The predicted octanol–water partition coefficient (Wildman–Crippen LogP) is -1.35. The van der Waals surface area contributed by atoms with E-state index >= 15 is 0 Å². The fourth-order valence-corrected chi connectivity index (χ4v) is 8.47. The highest BCUT2D eigenvalue weighted by molar-refractivity contribution is 8.48. The highest BCUT2D eigenvalue weighted by Gasteiger charge is 2.47. The molecule has 26 heavy (non-hydrogen) atoms. The second kappa shape index (κ2) is 8.13. The Morgan fingerprint density at radius 2 is 0.808 bits per heavy atom. The smallest absolute Gasteiger partial charge is 0.293 e. The molecule has 158 valence electrons. The molecule has 0 aromatic carbocycles. The van der Waals surface area contributed by atoms with Crippen molar-refractivity contribution in [2.45, 2.75) is 0 Å². The maximum atomic E-state index is 11.5. The second-order valence-electron chi connectivity index (χ2n) is 3.46. The molecule has 24 heteroatoms. The lowest BCUT2D eigenvalue weighted by Crippen LogP contribution is -2.15. The fourth-order valence-electron chi connectivity index (χ4n) is 0.782. The van der Waals surface area contributed by atoms with Gasteiger partial charge < -0.3 is 0 Å². The summed E-state index contributed by atoms with van der Waals surface area (Å²) < 4.78 is 155. The molecule has 0 fully saturated rings. The van der Waals surface area contributed by atoms with Crippen LogP contribution in [0.15, 0.2) is 0 Å². The van der Waals surface area contributed by atoms with E-state index < -0.39 is 67.1 Å². The first-order valence-corrected chi connectivity index (χ1v) is 14.8. The molecule has 0 amide bonds. The van der Waals surface area contributed by atoms with Crippen molar-refractivity contribution in [2.24, 2.45) is 0 Å². The molecule has 0 rings (SSSR count). The van der Waals surface area contributed by atoms with Gasteiger partial charge in [-0.2, -0.15) is 41.6 Å². The lowest BCUT2D eigenvalue weighted by molar-refractivity contribution is 0.190. The van der Waals surface area contributed by atoms with E-state index in [0.29, 0.717) is 0 Å². The number of hydrogen-bond acceptors (Lipinski definition) is 14. The zero-order valence-electron chi connectivity index (χ0n) is 11.4. The molecule has 0 saturated heterocycles. The molecule has 0 aromatic rings. The minimum absolute atomic E-state index is 1.57. The van der Waals surface area contributed by atoms with Crippen molar-refractivity contribution in [1.82, 2.24) is 0 Å². The molecule has 0 saturated carbocycles. The van der Waals surface area contributed by atoms with E-state index in [2.05, 4.69) is 17.0 Å². The summed E-state index contributed by atoms with van der Waals surface area (Å²) in [6.07, 6.45) is 0. The van der Waals surface area contributed by atoms with Gasteiger partial charge in [-0.25, -0.2) is 9.13 Å². The molecule has 0 heterocycles. The summed E-state index contributed by atoms with van der Waals surface area (Å²) in [5, 5.41) is 0. The van der Waals surface area contributed by atoms with Crippen LogP contribution in [0.2, 0.25) is 0 Å². The molecule has 0 spiro atoms. The monoisotopic (exact) mass is 510 g/mol. The van der Waals surface area contributed by atoms with Gasteiger partial charge in [0.2, 0.25) is 0 Å². The normalized spacial score (nSPS) is 18.8. The quantitative estimate of drug-likeness (QED) is 0.142. The minimum atomic E-state index is -6.09. The van der Waals surface area contributed by atoms with Gasteiger partial charge in [0, 0.05) is 0 Å². The first-order valence-electron chi connectivity index (χ1n) is 4.93. The van der Waals surface area contributed by atoms with Crippen molar-refractivity contribution in [3.8, 4) is 0 Å². The van der Waals surface area contributed by atoms with Gasteiger partial charge in [-0.1, -0.05) is 0 Å². The van der Waals surface area contributed by atoms with Gasteiger partial charge in [-0.05, 0) is 0 Å². The third kappa shape index (κ3) is 8.31. The van der Waals surface area contributed by atoms with Gasteiger partial charge in [-0.3, -0.25) is 27.3 Å². The Labute approximate surface area is 145 Å². The van der Waals surface area contributed by atoms with Gasteiger partial charge in [0.15, 0.2) is 0 Å². The first kappa shape index (κ1) is 25.9. The molecule has 2 atom stereocenters.